The largest absolute Gasteiger partial charge is 0.263 e. The van der Waals surface area contributed by atoms with E-state index in [4.69, 9.17) is 11.6 Å². The molecule has 0 aliphatic carbocycles. The maximum absolute atomic E-state index is 12.0. The monoisotopic (exact) mass is 347 g/mol. The fraction of sp³-hybridized carbons (Fsp3) is 0. The Morgan fingerprint density at radius 2 is 1.83 bits per heavy atom. The molecule has 1 aromatic heterocycles. The lowest BCUT2D eigenvalue weighted by Gasteiger charge is -2.07. The number of nitrogens with one attached hydrogen (secondary N) is 1. The van der Waals surface area contributed by atoms with Gasteiger partial charge in [-0.2, -0.15) is 0 Å². The van der Waals surface area contributed by atoms with Gasteiger partial charge in [0.2, 0.25) is 0 Å². The molecule has 0 aliphatic heterocycles. The van der Waals surface area contributed by atoms with Crippen LogP contribution in [0, 0.1) is 0 Å². The van der Waals surface area contributed by atoms with E-state index in [1.807, 2.05) is 0 Å². The molecular formula is C10H7BrClN3O2S. The molecule has 1 aromatic carbocycles. The first-order valence-corrected chi connectivity index (χ1v) is 7.39. The molecule has 0 fully saturated rings. The molecular weight excluding hydrogens is 342 g/mol. The summed E-state index contributed by atoms with van der Waals surface area (Å²) in [4.78, 5) is 7.58. The van der Waals surface area contributed by atoms with E-state index >= 15 is 0 Å². The standard InChI is InChI=1S/C10H7BrClN3O2S/c11-7-1-3-8(4-2-7)18(16,17)15-10-5-9(12)13-6-14-10/h1-6H,(H,13,14,15). The van der Waals surface area contributed by atoms with Crippen LogP contribution in [0.5, 0.6) is 0 Å². The van der Waals surface area contributed by atoms with Crippen molar-refractivity contribution in [1.29, 1.82) is 0 Å². The van der Waals surface area contributed by atoms with Crippen LogP contribution in [0.15, 0.2) is 46.0 Å². The highest BCUT2D eigenvalue weighted by molar-refractivity contribution is 9.10. The molecule has 0 saturated carbocycles. The quantitative estimate of drug-likeness (QED) is 0.866. The lowest BCUT2D eigenvalue weighted by molar-refractivity contribution is 0.601. The Kier molecular flexibility index (Phi) is 3.84. The van der Waals surface area contributed by atoms with Crippen molar-refractivity contribution in [1.82, 2.24) is 9.97 Å². The van der Waals surface area contributed by atoms with Crippen LogP contribution in [0.1, 0.15) is 0 Å². The van der Waals surface area contributed by atoms with Gasteiger partial charge in [-0.1, -0.05) is 27.5 Å². The predicted octanol–water partition coefficient (Wildman–Crippen LogP) is 2.69. The molecule has 94 valence electrons. The van der Waals surface area contributed by atoms with Crippen molar-refractivity contribution in [2.24, 2.45) is 0 Å². The van der Waals surface area contributed by atoms with Gasteiger partial charge in [0.15, 0.2) is 0 Å². The molecule has 0 radical (unpaired) electrons. The summed E-state index contributed by atoms with van der Waals surface area (Å²) in [6.07, 6.45) is 1.18. The van der Waals surface area contributed by atoms with Crippen molar-refractivity contribution in [3.05, 3.63) is 46.3 Å². The minimum absolute atomic E-state index is 0.123. The normalized spacial score (nSPS) is 11.2. The van der Waals surface area contributed by atoms with Crippen LogP contribution in [0.2, 0.25) is 5.15 Å². The molecule has 1 N–H and O–H groups in total. The van der Waals surface area contributed by atoms with E-state index < -0.39 is 10.0 Å². The molecule has 0 saturated heterocycles. The number of aromatic nitrogens is 2. The second-order valence-corrected chi connectivity index (χ2v) is 6.27. The molecule has 0 spiro atoms. The molecule has 1 heterocycles. The second kappa shape index (κ2) is 5.21. The zero-order chi connectivity index (χ0) is 13.2. The summed E-state index contributed by atoms with van der Waals surface area (Å²) in [5.74, 6) is 0.123. The third-order valence-corrected chi connectivity index (χ3v) is 4.10. The number of halogens is 2. The molecule has 0 bridgehead atoms. The molecule has 5 nitrogen and oxygen atoms in total. The molecule has 0 unspecified atom stereocenters. The van der Waals surface area contributed by atoms with E-state index in [1.165, 1.54) is 24.5 Å². The van der Waals surface area contributed by atoms with E-state index in [1.54, 1.807) is 12.1 Å². The molecule has 0 aliphatic rings. The van der Waals surface area contributed by atoms with Crippen molar-refractivity contribution in [2.45, 2.75) is 4.90 Å². The number of anilines is 1. The molecule has 0 atom stereocenters. The second-order valence-electron chi connectivity index (χ2n) is 3.29. The minimum atomic E-state index is -3.67. The SMILES string of the molecule is O=S(=O)(Nc1cc(Cl)ncn1)c1ccc(Br)cc1. The highest BCUT2D eigenvalue weighted by Gasteiger charge is 2.14. The summed E-state index contributed by atoms with van der Waals surface area (Å²) >= 11 is 8.88. The summed E-state index contributed by atoms with van der Waals surface area (Å²) in [5, 5.41) is 0.165. The van der Waals surface area contributed by atoms with Crippen molar-refractivity contribution in [3.8, 4) is 0 Å². The van der Waals surface area contributed by atoms with E-state index in [2.05, 4.69) is 30.6 Å². The van der Waals surface area contributed by atoms with Crippen LogP contribution < -0.4 is 4.72 Å². The fourth-order valence-corrected chi connectivity index (χ4v) is 2.61. The smallest absolute Gasteiger partial charge is 0.263 e. The predicted molar refractivity (Wildman–Crippen MR) is 72.0 cm³/mol. The fourth-order valence-electron chi connectivity index (χ4n) is 1.20. The van der Waals surface area contributed by atoms with E-state index in [0.29, 0.717) is 0 Å². The average Bonchev–Trinajstić information content (AvgIpc) is 2.29. The first-order chi connectivity index (χ1) is 8.47. The van der Waals surface area contributed by atoms with Crippen LogP contribution in [-0.2, 0) is 10.0 Å². The van der Waals surface area contributed by atoms with E-state index in [9.17, 15) is 8.42 Å². The van der Waals surface area contributed by atoms with Crippen LogP contribution in [0.3, 0.4) is 0 Å². The van der Waals surface area contributed by atoms with Crippen molar-refractivity contribution in [3.63, 3.8) is 0 Å². The number of hydrogen-bond acceptors (Lipinski definition) is 4. The summed E-state index contributed by atoms with van der Waals surface area (Å²) in [5.41, 5.74) is 0. The van der Waals surface area contributed by atoms with Gasteiger partial charge in [-0.15, -0.1) is 0 Å². The molecule has 8 heteroatoms. The van der Waals surface area contributed by atoms with Gasteiger partial charge in [0.25, 0.3) is 10.0 Å². The van der Waals surface area contributed by atoms with Crippen LogP contribution in [0.25, 0.3) is 0 Å². The van der Waals surface area contributed by atoms with E-state index in [-0.39, 0.29) is 15.9 Å². The van der Waals surface area contributed by atoms with Crippen LogP contribution in [0.4, 0.5) is 5.82 Å². The van der Waals surface area contributed by atoms with Gasteiger partial charge >= 0.3 is 0 Å². The van der Waals surface area contributed by atoms with Gasteiger partial charge in [-0.3, -0.25) is 4.72 Å². The maximum Gasteiger partial charge on any atom is 0.263 e. The Bertz CT molecular complexity index is 661. The summed E-state index contributed by atoms with van der Waals surface area (Å²) in [7, 11) is -3.67. The maximum atomic E-state index is 12.0. The average molecular weight is 349 g/mol. The highest BCUT2D eigenvalue weighted by Crippen LogP contribution is 2.18. The molecule has 0 amide bonds. The Balaban J connectivity index is 2.30. The topological polar surface area (TPSA) is 72.0 Å². The Hall–Kier alpha value is -1.18. The summed E-state index contributed by atoms with van der Waals surface area (Å²) in [6, 6.07) is 7.57. The first kappa shape index (κ1) is 13.3. The van der Waals surface area contributed by atoms with Gasteiger partial charge in [0.1, 0.15) is 17.3 Å². The lowest BCUT2D eigenvalue weighted by atomic mass is 10.4. The molecule has 18 heavy (non-hydrogen) atoms. The Morgan fingerprint density at radius 1 is 1.17 bits per heavy atom. The number of hydrogen-bond donors (Lipinski definition) is 1. The van der Waals surface area contributed by atoms with Crippen LogP contribution in [-0.4, -0.2) is 18.4 Å². The third kappa shape index (κ3) is 3.18. The van der Waals surface area contributed by atoms with Gasteiger partial charge in [-0.05, 0) is 24.3 Å². The van der Waals surface area contributed by atoms with E-state index in [0.717, 1.165) is 4.47 Å². The van der Waals surface area contributed by atoms with Crippen molar-refractivity contribution < 1.29 is 8.42 Å². The Labute approximate surface area is 117 Å². The molecule has 2 rings (SSSR count). The molecule has 2 aromatic rings. The zero-order valence-corrected chi connectivity index (χ0v) is 12.0. The first-order valence-electron chi connectivity index (χ1n) is 4.73. The summed E-state index contributed by atoms with van der Waals surface area (Å²) in [6.45, 7) is 0. The summed E-state index contributed by atoms with van der Waals surface area (Å²) < 4.78 is 27.1. The van der Waals surface area contributed by atoms with Gasteiger partial charge in [0.05, 0.1) is 4.90 Å². The Morgan fingerprint density at radius 3 is 2.44 bits per heavy atom. The van der Waals surface area contributed by atoms with Gasteiger partial charge < -0.3 is 0 Å². The third-order valence-electron chi connectivity index (χ3n) is 2.00. The van der Waals surface area contributed by atoms with Crippen molar-refractivity contribution in [2.75, 3.05) is 4.72 Å². The van der Waals surface area contributed by atoms with Gasteiger partial charge in [-0.25, -0.2) is 18.4 Å². The van der Waals surface area contributed by atoms with Crippen LogP contribution >= 0.6 is 27.5 Å². The van der Waals surface area contributed by atoms with Gasteiger partial charge in [0, 0.05) is 10.5 Å². The number of rotatable bonds is 3. The number of benzene rings is 1. The zero-order valence-electron chi connectivity index (χ0n) is 8.84. The highest BCUT2D eigenvalue weighted by atomic mass is 79.9. The number of sulfonamides is 1. The minimum Gasteiger partial charge on any atom is -0.263 e. The lowest BCUT2D eigenvalue weighted by Crippen LogP contribution is -2.13. The number of nitrogens with zero attached hydrogens (tertiary/aromatic N) is 2. The van der Waals surface area contributed by atoms with Crippen molar-refractivity contribution >= 4 is 43.4 Å².